The normalized spacial score (nSPS) is 13.3. The first-order valence-electron chi connectivity index (χ1n) is 18.2. The predicted octanol–water partition coefficient (Wildman–Crippen LogP) is 14.8. The number of hydrogen-bond donors (Lipinski definition) is 0. The van der Waals surface area contributed by atoms with E-state index in [-0.39, 0.29) is 5.41 Å². The molecular weight excluding hydrogens is 645 g/mol. The Kier molecular flexibility index (Phi) is 6.27. The van der Waals surface area contributed by atoms with Gasteiger partial charge < -0.3 is 0 Å². The van der Waals surface area contributed by atoms with Gasteiger partial charge in [0.15, 0.2) is 0 Å². The summed E-state index contributed by atoms with van der Waals surface area (Å²) in [4.78, 5) is 0. The average Bonchev–Trinajstić information content (AvgIpc) is 3.67. The zero-order valence-corrected chi connectivity index (χ0v) is 29.9. The maximum atomic E-state index is 2.49. The first-order chi connectivity index (χ1) is 25.5. The van der Waals surface area contributed by atoms with Crippen molar-refractivity contribution >= 4 is 63.8 Å². The van der Waals surface area contributed by atoms with Crippen molar-refractivity contribution < 1.29 is 0 Å². The highest BCUT2D eigenvalue weighted by molar-refractivity contribution is 7.26. The highest BCUT2D eigenvalue weighted by atomic mass is 32.1. The molecule has 1 aliphatic carbocycles. The fourth-order valence-corrected chi connectivity index (χ4v) is 10.4. The molecule has 9 aromatic carbocycles. The van der Waals surface area contributed by atoms with E-state index in [0.717, 1.165) is 0 Å². The van der Waals surface area contributed by atoms with Crippen LogP contribution in [0.1, 0.15) is 25.0 Å². The lowest BCUT2D eigenvalue weighted by atomic mass is 9.81. The van der Waals surface area contributed by atoms with Gasteiger partial charge >= 0.3 is 0 Å². The lowest BCUT2D eigenvalue weighted by molar-refractivity contribution is 0.661. The molecule has 10 aromatic rings. The van der Waals surface area contributed by atoms with Gasteiger partial charge in [0, 0.05) is 25.6 Å². The molecule has 0 saturated heterocycles. The number of hydrogen-bond acceptors (Lipinski definition) is 1. The highest BCUT2D eigenvalue weighted by Crippen LogP contribution is 2.54. The minimum absolute atomic E-state index is 0.0878. The smallest absolute Gasteiger partial charge is 0.0433 e. The van der Waals surface area contributed by atoms with Crippen LogP contribution in [0.3, 0.4) is 0 Å². The Morgan fingerprint density at radius 2 is 0.904 bits per heavy atom. The average molecular weight is 679 g/mol. The summed E-state index contributed by atoms with van der Waals surface area (Å²) in [5.74, 6) is 0. The predicted molar refractivity (Wildman–Crippen MR) is 226 cm³/mol. The Morgan fingerprint density at radius 3 is 1.60 bits per heavy atom. The fraction of sp³-hybridized carbons (Fsp3) is 0.0588. The number of thiophene rings is 1. The standard InChI is InChI=1S/C51H34S/c1-51(2)45-27-25-35(28-42(45)43-29-44-41-26-24-33-14-6-7-15-36(33)50(41)52-47(44)30-46(43)51)49-39-18-10-8-16-37(39)48(38-17-9-11-19-40(38)49)34-22-20-32(21-23-34)31-12-4-3-5-13-31/h3-30H,1-2H3. The molecule has 1 aromatic heterocycles. The lowest BCUT2D eigenvalue weighted by Crippen LogP contribution is -2.14. The van der Waals surface area contributed by atoms with Gasteiger partial charge in [-0.05, 0) is 106 Å². The molecule has 0 aliphatic heterocycles. The molecule has 0 N–H and O–H groups in total. The summed E-state index contributed by atoms with van der Waals surface area (Å²) in [5.41, 5.74) is 13.0. The molecule has 0 amide bonds. The maximum Gasteiger partial charge on any atom is 0.0433 e. The summed E-state index contributed by atoms with van der Waals surface area (Å²) in [5, 5.41) is 10.5. The van der Waals surface area contributed by atoms with Crippen molar-refractivity contribution in [1.82, 2.24) is 0 Å². The van der Waals surface area contributed by atoms with Crippen LogP contribution in [-0.4, -0.2) is 0 Å². The van der Waals surface area contributed by atoms with Crippen molar-refractivity contribution in [1.29, 1.82) is 0 Å². The fourth-order valence-electron chi connectivity index (χ4n) is 9.11. The molecule has 1 heteroatoms. The lowest BCUT2D eigenvalue weighted by Gasteiger charge is -2.22. The van der Waals surface area contributed by atoms with Gasteiger partial charge in [-0.1, -0.05) is 166 Å². The number of fused-ring (bicyclic) bond motifs is 10. The Balaban J connectivity index is 1.12. The topological polar surface area (TPSA) is 0 Å². The summed E-state index contributed by atoms with van der Waals surface area (Å²) in [6.07, 6.45) is 0. The van der Waals surface area contributed by atoms with Gasteiger partial charge in [-0.2, -0.15) is 0 Å². The van der Waals surface area contributed by atoms with Gasteiger partial charge in [0.25, 0.3) is 0 Å². The third-order valence-electron chi connectivity index (χ3n) is 11.7. The second-order valence-electron chi connectivity index (χ2n) is 14.8. The summed E-state index contributed by atoms with van der Waals surface area (Å²) in [6, 6.07) is 63.4. The molecular formula is C51H34S. The van der Waals surface area contributed by atoms with Crippen molar-refractivity contribution in [3.05, 3.63) is 181 Å². The Bertz CT molecular complexity index is 3010. The minimum atomic E-state index is -0.0878. The molecule has 244 valence electrons. The molecule has 0 saturated carbocycles. The van der Waals surface area contributed by atoms with Gasteiger partial charge in [0.05, 0.1) is 0 Å². The third-order valence-corrected chi connectivity index (χ3v) is 12.9. The van der Waals surface area contributed by atoms with E-state index in [2.05, 4.69) is 184 Å². The minimum Gasteiger partial charge on any atom is -0.135 e. The molecule has 0 fully saturated rings. The molecule has 11 rings (SSSR count). The molecule has 0 spiro atoms. The van der Waals surface area contributed by atoms with Crippen LogP contribution in [0.5, 0.6) is 0 Å². The molecule has 0 bridgehead atoms. The van der Waals surface area contributed by atoms with E-state index in [0.29, 0.717) is 0 Å². The van der Waals surface area contributed by atoms with E-state index in [1.54, 1.807) is 0 Å². The van der Waals surface area contributed by atoms with Crippen molar-refractivity contribution in [2.45, 2.75) is 19.3 Å². The summed E-state index contributed by atoms with van der Waals surface area (Å²) in [7, 11) is 0. The Morgan fingerprint density at radius 1 is 0.365 bits per heavy atom. The van der Waals surface area contributed by atoms with Crippen molar-refractivity contribution in [3.8, 4) is 44.5 Å². The van der Waals surface area contributed by atoms with Crippen LogP contribution in [0.25, 0.3) is 97.0 Å². The molecule has 1 heterocycles. The zero-order chi connectivity index (χ0) is 34.6. The quantitative estimate of drug-likeness (QED) is 0.163. The summed E-state index contributed by atoms with van der Waals surface area (Å²) < 4.78 is 2.76. The van der Waals surface area contributed by atoms with E-state index >= 15 is 0 Å². The first kappa shape index (κ1) is 29.7. The van der Waals surface area contributed by atoms with Crippen molar-refractivity contribution in [2.24, 2.45) is 0 Å². The van der Waals surface area contributed by atoms with Crippen LogP contribution in [0, 0.1) is 0 Å². The second kappa shape index (κ2) is 11.0. The second-order valence-corrected chi connectivity index (χ2v) is 15.9. The van der Waals surface area contributed by atoms with E-state index in [9.17, 15) is 0 Å². The van der Waals surface area contributed by atoms with Crippen LogP contribution in [0.15, 0.2) is 170 Å². The highest BCUT2D eigenvalue weighted by Gasteiger charge is 2.36. The van der Waals surface area contributed by atoms with Gasteiger partial charge in [0.1, 0.15) is 0 Å². The van der Waals surface area contributed by atoms with E-state index in [1.165, 1.54) is 108 Å². The summed E-state index contributed by atoms with van der Waals surface area (Å²) >= 11 is 1.94. The van der Waals surface area contributed by atoms with E-state index in [1.807, 2.05) is 11.3 Å². The summed E-state index contributed by atoms with van der Waals surface area (Å²) in [6.45, 7) is 4.79. The third kappa shape index (κ3) is 4.21. The largest absolute Gasteiger partial charge is 0.135 e. The number of rotatable bonds is 3. The molecule has 52 heavy (non-hydrogen) atoms. The van der Waals surface area contributed by atoms with Gasteiger partial charge in [-0.25, -0.2) is 0 Å². The zero-order valence-electron chi connectivity index (χ0n) is 29.1. The maximum absolute atomic E-state index is 2.49. The molecule has 0 atom stereocenters. The van der Waals surface area contributed by atoms with Crippen LogP contribution in [0.2, 0.25) is 0 Å². The number of benzene rings is 9. The van der Waals surface area contributed by atoms with Crippen LogP contribution in [-0.2, 0) is 5.41 Å². The monoisotopic (exact) mass is 678 g/mol. The van der Waals surface area contributed by atoms with Crippen LogP contribution >= 0.6 is 11.3 Å². The molecule has 0 unspecified atom stereocenters. The van der Waals surface area contributed by atoms with Crippen LogP contribution in [0.4, 0.5) is 0 Å². The van der Waals surface area contributed by atoms with Crippen molar-refractivity contribution in [2.75, 3.05) is 0 Å². The van der Waals surface area contributed by atoms with Crippen molar-refractivity contribution in [3.63, 3.8) is 0 Å². The first-order valence-corrected chi connectivity index (χ1v) is 19.0. The van der Waals surface area contributed by atoms with E-state index < -0.39 is 0 Å². The molecule has 1 aliphatic rings. The van der Waals surface area contributed by atoms with Gasteiger partial charge in [0.2, 0.25) is 0 Å². The Labute approximate surface area is 307 Å². The molecule has 0 radical (unpaired) electrons. The van der Waals surface area contributed by atoms with Crippen LogP contribution < -0.4 is 0 Å². The Hall–Kier alpha value is -6.02. The van der Waals surface area contributed by atoms with Gasteiger partial charge in [-0.15, -0.1) is 11.3 Å². The van der Waals surface area contributed by atoms with E-state index in [4.69, 9.17) is 0 Å². The molecule has 0 nitrogen and oxygen atoms in total. The van der Waals surface area contributed by atoms with Gasteiger partial charge in [-0.3, -0.25) is 0 Å². The SMILES string of the molecule is CC1(C)c2ccc(-c3c4ccccc4c(-c4ccc(-c5ccccc5)cc4)c4ccccc34)cc2-c2cc3c(cc21)sc1c2ccccc2ccc31.